The first-order valence-electron chi connectivity index (χ1n) is 7.21. The molecule has 9 heteroatoms. The normalized spacial score (nSPS) is 11.5. The van der Waals surface area contributed by atoms with E-state index in [0.717, 1.165) is 0 Å². The summed E-state index contributed by atoms with van der Waals surface area (Å²) in [5.41, 5.74) is 0.896. The van der Waals surface area contributed by atoms with Gasteiger partial charge in [0.2, 0.25) is 21.8 Å². The second-order valence-electron chi connectivity index (χ2n) is 5.08. The molecule has 2 rings (SSSR count). The fraction of sp³-hybridized carbons (Fsp3) is 0.333. The van der Waals surface area contributed by atoms with Crippen molar-refractivity contribution in [2.75, 3.05) is 19.3 Å². The van der Waals surface area contributed by atoms with Crippen molar-refractivity contribution in [1.82, 2.24) is 15.0 Å². The Morgan fingerprint density at radius 2 is 2.12 bits per heavy atom. The van der Waals surface area contributed by atoms with Crippen molar-refractivity contribution in [3.05, 3.63) is 41.5 Å². The molecule has 0 aliphatic heterocycles. The standard InChI is InChI=1S/C15H18FN3O4S/c1-10-13(9-14(20)18-6-7-24(21,22)17-2)19-15(23-10)11-4-3-5-12(16)8-11/h3-5,8,17H,6-7,9H2,1-2H3,(H,18,20). The summed E-state index contributed by atoms with van der Waals surface area (Å²) in [4.78, 5) is 16.1. The number of sulfonamides is 1. The van der Waals surface area contributed by atoms with E-state index < -0.39 is 15.8 Å². The number of benzene rings is 1. The molecule has 0 unspecified atom stereocenters. The van der Waals surface area contributed by atoms with E-state index in [1.165, 1.54) is 19.2 Å². The number of amides is 1. The van der Waals surface area contributed by atoms with Gasteiger partial charge in [0.15, 0.2) is 0 Å². The van der Waals surface area contributed by atoms with Gasteiger partial charge in [-0.3, -0.25) is 4.79 Å². The van der Waals surface area contributed by atoms with Gasteiger partial charge in [-0.2, -0.15) is 0 Å². The molecule has 0 saturated heterocycles. The predicted molar refractivity (Wildman–Crippen MR) is 86.2 cm³/mol. The van der Waals surface area contributed by atoms with Crippen LogP contribution in [0, 0.1) is 12.7 Å². The molecule has 2 N–H and O–H groups in total. The zero-order chi connectivity index (χ0) is 17.7. The highest BCUT2D eigenvalue weighted by molar-refractivity contribution is 7.89. The monoisotopic (exact) mass is 355 g/mol. The Morgan fingerprint density at radius 1 is 1.38 bits per heavy atom. The number of nitrogens with zero attached hydrogens (tertiary/aromatic N) is 1. The highest BCUT2D eigenvalue weighted by Gasteiger charge is 2.15. The van der Waals surface area contributed by atoms with Crippen LogP contribution >= 0.6 is 0 Å². The van der Waals surface area contributed by atoms with Crippen LogP contribution in [0.25, 0.3) is 11.5 Å². The van der Waals surface area contributed by atoms with Gasteiger partial charge in [0.1, 0.15) is 11.6 Å². The van der Waals surface area contributed by atoms with Crippen molar-refractivity contribution in [3.63, 3.8) is 0 Å². The van der Waals surface area contributed by atoms with Crippen molar-refractivity contribution >= 4 is 15.9 Å². The van der Waals surface area contributed by atoms with Crippen LogP contribution in [-0.4, -0.2) is 38.7 Å². The highest BCUT2D eigenvalue weighted by Crippen LogP contribution is 2.22. The van der Waals surface area contributed by atoms with Gasteiger partial charge in [-0.05, 0) is 32.2 Å². The fourth-order valence-electron chi connectivity index (χ4n) is 1.98. The number of aryl methyl sites for hydroxylation is 1. The first-order chi connectivity index (χ1) is 11.3. The molecule has 0 aliphatic rings. The van der Waals surface area contributed by atoms with Gasteiger partial charge in [0.25, 0.3) is 0 Å². The van der Waals surface area contributed by atoms with Gasteiger partial charge in [-0.15, -0.1) is 0 Å². The third-order valence-corrected chi connectivity index (χ3v) is 4.66. The molecule has 7 nitrogen and oxygen atoms in total. The van der Waals surface area contributed by atoms with Crippen LogP contribution in [0.5, 0.6) is 0 Å². The summed E-state index contributed by atoms with van der Waals surface area (Å²) in [6.07, 6.45) is -0.0513. The molecule has 130 valence electrons. The van der Waals surface area contributed by atoms with Gasteiger partial charge < -0.3 is 9.73 Å². The molecule has 1 aromatic carbocycles. The second-order valence-corrected chi connectivity index (χ2v) is 7.13. The van der Waals surface area contributed by atoms with E-state index in [0.29, 0.717) is 17.0 Å². The van der Waals surface area contributed by atoms with Crippen molar-refractivity contribution in [1.29, 1.82) is 0 Å². The molecule has 0 bridgehead atoms. The molecule has 1 amide bonds. The zero-order valence-electron chi connectivity index (χ0n) is 13.3. The van der Waals surface area contributed by atoms with Crippen LogP contribution in [0.3, 0.4) is 0 Å². The molecule has 24 heavy (non-hydrogen) atoms. The summed E-state index contributed by atoms with van der Waals surface area (Å²) < 4.78 is 43.4. The lowest BCUT2D eigenvalue weighted by molar-refractivity contribution is -0.120. The van der Waals surface area contributed by atoms with Crippen LogP contribution < -0.4 is 10.0 Å². The van der Waals surface area contributed by atoms with Gasteiger partial charge in [0, 0.05) is 12.1 Å². The lowest BCUT2D eigenvalue weighted by Gasteiger charge is -2.04. The van der Waals surface area contributed by atoms with Crippen molar-refractivity contribution in [2.45, 2.75) is 13.3 Å². The van der Waals surface area contributed by atoms with Crippen molar-refractivity contribution in [3.8, 4) is 11.5 Å². The van der Waals surface area contributed by atoms with Gasteiger partial charge in [0.05, 0.1) is 17.9 Å². The molecule has 0 fully saturated rings. The number of rotatable bonds is 7. The Balaban J connectivity index is 1.99. The summed E-state index contributed by atoms with van der Waals surface area (Å²) in [6.45, 7) is 1.65. The lowest BCUT2D eigenvalue weighted by atomic mass is 10.2. The average molecular weight is 355 g/mol. The third-order valence-electron chi connectivity index (χ3n) is 3.30. The van der Waals surface area contributed by atoms with E-state index in [4.69, 9.17) is 4.42 Å². The minimum Gasteiger partial charge on any atom is -0.441 e. The summed E-state index contributed by atoms with van der Waals surface area (Å²) in [5, 5.41) is 2.51. The number of nitrogens with one attached hydrogen (secondary N) is 2. The number of carbonyl (C=O) groups excluding carboxylic acids is 1. The van der Waals surface area contributed by atoms with E-state index in [1.807, 2.05) is 0 Å². The Labute approximate surface area is 139 Å². The topological polar surface area (TPSA) is 101 Å². The summed E-state index contributed by atoms with van der Waals surface area (Å²) >= 11 is 0. The van der Waals surface area contributed by atoms with E-state index in [9.17, 15) is 17.6 Å². The summed E-state index contributed by atoms with van der Waals surface area (Å²) in [6, 6.07) is 5.80. The van der Waals surface area contributed by atoms with E-state index >= 15 is 0 Å². The molecule has 0 radical (unpaired) electrons. The molecule has 2 aromatic rings. The zero-order valence-corrected chi connectivity index (χ0v) is 14.1. The van der Waals surface area contributed by atoms with Crippen molar-refractivity contribution in [2.24, 2.45) is 0 Å². The Morgan fingerprint density at radius 3 is 2.79 bits per heavy atom. The third kappa shape index (κ3) is 4.87. The SMILES string of the molecule is CNS(=O)(=O)CCNC(=O)Cc1nc(-c2cccc(F)c2)oc1C. The number of hydrogen-bond acceptors (Lipinski definition) is 5. The maximum atomic E-state index is 13.2. The number of aromatic nitrogens is 1. The van der Waals surface area contributed by atoms with Crippen LogP contribution in [-0.2, 0) is 21.2 Å². The maximum absolute atomic E-state index is 13.2. The van der Waals surface area contributed by atoms with Crippen LogP contribution in [0.2, 0.25) is 0 Å². The molecular weight excluding hydrogens is 337 g/mol. The van der Waals surface area contributed by atoms with Crippen LogP contribution in [0.4, 0.5) is 4.39 Å². The fourth-order valence-corrected chi connectivity index (χ4v) is 2.55. The lowest BCUT2D eigenvalue weighted by Crippen LogP contribution is -2.33. The van der Waals surface area contributed by atoms with Crippen LogP contribution in [0.15, 0.2) is 28.7 Å². The minimum atomic E-state index is -3.37. The smallest absolute Gasteiger partial charge is 0.226 e. The quantitative estimate of drug-likeness (QED) is 0.771. The predicted octanol–water partition coefficient (Wildman–Crippen LogP) is 0.997. The van der Waals surface area contributed by atoms with E-state index in [-0.39, 0.29) is 30.5 Å². The Kier molecular flexibility index (Phi) is 5.68. The molecule has 0 saturated carbocycles. The molecular formula is C15H18FN3O4S. The number of carbonyl (C=O) groups is 1. The summed E-state index contributed by atoms with van der Waals surface area (Å²) in [5.74, 6) is -0.307. The van der Waals surface area contributed by atoms with E-state index in [1.54, 1.807) is 19.1 Å². The molecule has 0 atom stereocenters. The molecule has 0 spiro atoms. The number of hydrogen-bond donors (Lipinski definition) is 2. The number of halogens is 1. The van der Waals surface area contributed by atoms with Gasteiger partial charge >= 0.3 is 0 Å². The highest BCUT2D eigenvalue weighted by atomic mass is 32.2. The largest absolute Gasteiger partial charge is 0.441 e. The molecule has 0 aliphatic carbocycles. The Bertz CT molecular complexity index is 833. The number of oxazole rings is 1. The van der Waals surface area contributed by atoms with Gasteiger partial charge in [-0.25, -0.2) is 22.5 Å². The second kappa shape index (κ2) is 7.54. The average Bonchev–Trinajstić information content (AvgIpc) is 2.88. The molecule has 1 aromatic heterocycles. The van der Waals surface area contributed by atoms with E-state index in [2.05, 4.69) is 15.0 Å². The first kappa shape index (κ1) is 18.1. The maximum Gasteiger partial charge on any atom is 0.226 e. The Hall–Kier alpha value is -2.26. The van der Waals surface area contributed by atoms with Gasteiger partial charge in [-0.1, -0.05) is 6.07 Å². The molecule has 1 heterocycles. The van der Waals surface area contributed by atoms with Crippen molar-refractivity contribution < 1.29 is 22.0 Å². The first-order valence-corrected chi connectivity index (χ1v) is 8.86. The summed E-state index contributed by atoms with van der Waals surface area (Å²) in [7, 11) is -2.06. The minimum absolute atomic E-state index is 0.00431. The van der Waals surface area contributed by atoms with Crippen LogP contribution in [0.1, 0.15) is 11.5 Å².